The number of nitrogens with one attached hydrogen (secondary N) is 1. The molecule has 0 bridgehead atoms. The smallest absolute Gasteiger partial charge is 0.268 e. The van der Waals surface area contributed by atoms with Gasteiger partial charge in [-0.3, -0.25) is 4.79 Å². The lowest BCUT2D eigenvalue weighted by atomic mass is 10.1. The number of aliphatic hydroxyl groups is 1. The molecule has 94 valence electrons. The van der Waals surface area contributed by atoms with Gasteiger partial charge in [-0.1, -0.05) is 0 Å². The zero-order valence-electron chi connectivity index (χ0n) is 9.82. The Balaban J connectivity index is 2.02. The Bertz CT molecular complexity index is 413. The molecule has 1 aliphatic rings. The zero-order chi connectivity index (χ0) is 12.4. The molecule has 0 saturated heterocycles. The van der Waals surface area contributed by atoms with Gasteiger partial charge >= 0.3 is 0 Å². The third-order valence-corrected chi connectivity index (χ3v) is 3.59. The number of nitrogens with zero attached hydrogens (tertiary/aromatic N) is 1. The molecule has 1 aliphatic carbocycles. The summed E-state index contributed by atoms with van der Waals surface area (Å²) >= 11 is 3.35. The first-order chi connectivity index (χ1) is 8.11. The van der Waals surface area contributed by atoms with E-state index in [1.165, 1.54) is 0 Å². The number of aliphatic hydroxyl groups excluding tert-OH is 1. The van der Waals surface area contributed by atoms with Crippen molar-refractivity contribution in [2.24, 2.45) is 13.0 Å². The molecule has 4 nitrogen and oxygen atoms in total. The zero-order valence-corrected chi connectivity index (χ0v) is 11.4. The number of amides is 1. The quantitative estimate of drug-likeness (QED) is 0.869. The fourth-order valence-corrected chi connectivity index (χ4v) is 2.58. The second-order valence-electron chi connectivity index (χ2n) is 4.58. The molecule has 0 aliphatic heterocycles. The first-order valence-electron chi connectivity index (χ1n) is 5.85. The van der Waals surface area contributed by atoms with Crippen LogP contribution < -0.4 is 5.32 Å². The summed E-state index contributed by atoms with van der Waals surface area (Å²) in [5.41, 5.74) is 0.639. The lowest BCUT2D eigenvalue weighted by Gasteiger charge is -2.17. The van der Waals surface area contributed by atoms with Gasteiger partial charge in [0, 0.05) is 30.4 Å². The fraction of sp³-hybridized carbons (Fsp3) is 0.583. The lowest BCUT2D eigenvalue weighted by molar-refractivity contribution is 0.0916. The molecule has 0 spiro atoms. The van der Waals surface area contributed by atoms with Crippen molar-refractivity contribution >= 4 is 21.8 Å². The molecule has 17 heavy (non-hydrogen) atoms. The van der Waals surface area contributed by atoms with E-state index in [0.717, 1.165) is 17.3 Å². The van der Waals surface area contributed by atoms with Crippen molar-refractivity contribution in [3.63, 3.8) is 0 Å². The van der Waals surface area contributed by atoms with Gasteiger partial charge in [0.15, 0.2) is 0 Å². The minimum absolute atomic E-state index is 0.0662. The topological polar surface area (TPSA) is 54.3 Å². The number of hydrogen-bond donors (Lipinski definition) is 2. The van der Waals surface area contributed by atoms with Crippen LogP contribution in [-0.4, -0.2) is 28.2 Å². The van der Waals surface area contributed by atoms with Gasteiger partial charge in [-0.05, 0) is 47.2 Å². The summed E-state index contributed by atoms with van der Waals surface area (Å²) in [5, 5.41) is 12.0. The van der Waals surface area contributed by atoms with Crippen LogP contribution in [-0.2, 0) is 7.05 Å². The van der Waals surface area contributed by atoms with Crippen molar-refractivity contribution in [1.29, 1.82) is 0 Å². The van der Waals surface area contributed by atoms with Crippen LogP contribution in [0.5, 0.6) is 0 Å². The maximum Gasteiger partial charge on any atom is 0.268 e. The summed E-state index contributed by atoms with van der Waals surface area (Å²) in [7, 11) is 1.85. The molecule has 0 aromatic carbocycles. The van der Waals surface area contributed by atoms with Crippen LogP contribution in [0.4, 0.5) is 0 Å². The fourth-order valence-electron chi connectivity index (χ4n) is 2.06. The second-order valence-corrected chi connectivity index (χ2v) is 5.50. The Morgan fingerprint density at radius 2 is 2.41 bits per heavy atom. The maximum absolute atomic E-state index is 12.1. The molecule has 1 atom stereocenters. The van der Waals surface area contributed by atoms with E-state index in [1.807, 2.05) is 13.2 Å². The average molecular weight is 301 g/mol. The minimum atomic E-state index is -0.0662. The summed E-state index contributed by atoms with van der Waals surface area (Å²) < 4.78 is 2.69. The number of aromatic nitrogens is 1. The van der Waals surface area contributed by atoms with Gasteiger partial charge < -0.3 is 15.0 Å². The lowest BCUT2D eigenvalue weighted by Crippen LogP contribution is -2.37. The molecule has 1 heterocycles. The van der Waals surface area contributed by atoms with Crippen LogP contribution in [0, 0.1) is 5.92 Å². The van der Waals surface area contributed by atoms with Crippen LogP contribution >= 0.6 is 15.9 Å². The minimum Gasteiger partial charge on any atom is -0.396 e. The van der Waals surface area contributed by atoms with Gasteiger partial charge in [-0.2, -0.15) is 0 Å². The summed E-state index contributed by atoms with van der Waals surface area (Å²) in [5.74, 6) is 0.485. The van der Waals surface area contributed by atoms with E-state index in [2.05, 4.69) is 21.2 Å². The second kappa shape index (κ2) is 5.23. The van der Waals surface area contributed by atoms with Gasteiger partial charge in [0.1, 0.15) is 5.69 Å². The largest absolute Gasteiger partial charge is 0.396 e. The molecular formula is C12H17BrN2O2. The molecule has 1 saturated carbocycles. The highest BCUT2D eigenvalue weighted by molar-refractivity contribution is 9.10. The van der Waals surface area contributed by atoms with E-state index >= 15 is 0 Å². The Morgan fingerprint density at radius 1 is 1.71 bits per heavy atom. The first kappa shape index (κ1) is 12.6. The summed E-state index contributed by atoms with van der Waals surface area (Å²) in [6.45, 7) is 0.123. The van der Waals surface area contributed by atoms with E-state index in [0.29, 0.717) is 18.0 Å². The molecule has 5 heteroatoms. The van der Waals surface area contributed by atoms with E-state index in [9.17, 15) is 4.79 Å². The standard InChI is InChI=1S/C12H17BrN2O2/c1-15-7-9(13)6-11(15)12(17)14-10(4-5-16)8-2-3-8/h6-8,10,16H,2-5H2,1H3,(H,14,17). The number of aryl methyl sites for hydroxylation is 1. The van der Waals surface area contributed by atoms with E-state index in [4.69, 9.17) is 5.11 Å². The van der Waals surface area contributed by atoms with E-state index in [-0.39, 0.29) is 18.6 Å². The van der Waals surface area contributed by atoms with Crippen molar-refractivity contribution in [3.05, 3.63) is 22.4 Å². The number of carbonyl (C=O) groups is 1. The molecule has 1 amide bonds. The van der Waals surface area contributed by atoms with Gasteiger partial charge in [0.2, 0.25) is 0 Å². The highest BCUT2D eigenvalue weighted by atomic mass is 79.9. The van der Waals surface area contributed by atoms with Crippen LogP contribution in [0.25, 0.3) is 0 Å². The SMILES string of the molecule is Cn1cc(Br)cc1C(=O)NC(CCO)C1CC1. The van der Waals surface area contributed by atoms with Crippen LogP contribution in [0.2, 0.25) is 0 Å². The third kappa shape index (κ3) is 3.10. The van der Waals surface area contributed by atoms with E-state index < -0.39 is 0 Å². The maximum atomic E-state index is 12.1. The van der Waals surface area contributed by atoms with Gasteiger partial charge in [-0.25, -0.2) is 0 Å². The molecule has 1 unspecified atom stereocenters. The highest BCUT2D eigenvalue weighted by Crippen LogP contribution is 2.34. The molecule has 2 N–H and O–H groups in total. The van der Waals surface area contributed by atoms with Crippen molar-refractivity contribution < 1.29 is 9.90 Å². The summed E-state index contributed by atoms with van der Waals surface area (Å²) in [4.78, 5) is 12.1. The number of carbonyl (C=O) groups excluding carboxylic acids is 1. The van der Waals surface area contributed by atoms with Crippen molar-refractivity contribution in [3.8, 4) is 0 Å². The van der Waals surface area contributed by atoms with Crippen molar-refractivity contribution in [1.82, 2.24) is 9.88 Å². The van der Waals surface area contributed by atoms with Crippen LogP contribution in [0.3, 0.4) is 0 Å². The number of halogens is 1. The number of hydrogen-bond acceptors (Lipinski definition) is 2. The molecular weight excluding hydrogens is 284 g/mol. The van der Waals surface area contributed by atoms with Gasteiger partial charge in [-0.15, -0.1) is 0 Å². The predicted octanol–water partition coefficient (Wildman–Crippen LogP) is 1.68. The van der Waals surface area contributed by atoms with Gasteiger partial charge in [0.05, 0.1) is 0 Å². The monoisotopic (exact) mass is 300 g/mol. The molecule has 1 fully saturated rings. The number of rotatable bonds is 5. The predicted molar refractivity (Wildman–Crippen MR) is 68.8 cm³/mol. The van der Waals surface area contributed by atoms with Crippen molar-refractivity contribution in [2.75, 3.05) is 6.61 Å². The molecule has 1 aromatic heterocycles. The Morgan fingerprint density at radius 3 is 2.88 bits per heavy atom. The molecule has 0 radical (unpaired) electrons. The Kier molecular flexibility index (Phi) is 3.89. The Hall–Kier alpha value is -0.810. The third-order valence-electron chi connectivity index (χ3n) is 3.15. The molecule has 1 aromatic rings. The molecule has 2 rings (SSSR count). The van der Waals surface area contributed by atoms with Crippen molar-refractivity contribution in [2.45, 2.75) is 25.3 Å². The normalized spacial score (nSPS) is 16.9. The van der Waals surface area contributed by atoms with Crippen LogP contribution in [0.15, 0.2) is 16.7 Å². The summed E-state index contributed by atoms with van der Waals surface area (Å²) in [6, 6.07) is 1.92. The van der Waals surface area contributed by atoms with Gasteiger partial charge in [0.25, 0.3) is 5.91 Å². The van der Waals surface area contributed by atoms with E-state index in [1.54, 1.807) is 10.6 Å². The van der Waals surface area contributed by atoms with Crippen LogP contribution in [0.1, 0.15) is 29.8 Å². The first-order valence-corrected chi connectivity index (χ1v) is 6.64. The highest BCUT2D eigenvalue weighted by Gasteiger charge is 2.32. The summed E-state index contributed by atoms with van der Waals surface area (Å²) in [6.07, 6.45) is 4.80. The average Bonchev–Trinajstić information content (AvgIpc) is 3.04. The Labute approximate surface area is 109 Å².